The highest BCUT2D eigenvalue weighted by Crippen LogP contribution is 2.43. The summed E-state index contributed by atoms with van der Waals surface area (Å²) < 4.78 is 17.1. The van der Waals surface area contributed by atoms with E-state index in [1.54, 1.807) is 12.1 Å². The van der Waals surface area contributed by atoms with Crippen molar-refractivity contribution in [3.63, 3.8) is 0 Å². The van der Waals surface area contributed by atoms with Crippen LogP contribution in [-0.2, 0) is 28.9 Å². The lowest BCUT2D eigenvalue weighted by molar-refractivity contribution is -0.314. The van der Waals surface area contributed by atoms with E-state index in [1.807, 2.05) is 0 Å². The van der Waals surface area contributed by atoms with Crippen LogP contribution in [-0.4, -0.2) is 105 Å². The number of ether oxygens (including phenoxy) is 3. The van der Waals surface area contributed by atoms with E-state index in [-0.39, 0.29) is 83.3 Å². The van der Waals surface area contributed by atoms with E-state index in [9.17, 15) is 39.9 Å². The van der Waals surface area contributed by atoms with E-state index in [0.717, 1.165) is 0 Å². The van der Waals surface area contributed by atoms with Crippen LogP contribution in [0, 0.1) is 0 Å². The Labute approximate surface area is 286 Å². The number of phenolic OH excluding ortho intramolecular Hbond substituents is 1. The third-order valence-corrected chi connectivity index (χ3v) is 9.01. The number of hydrogen-bond donors (Lipinski definition) is 8. The number of fused-ring (bicyclic) bond motifs is 2. The zero-order valence-corrected chi connectivity index (χ0v) is 27.3. The third-order valence-electron chi connectivity index (χ3n) is 9.01. The van der Waals surface area contributed by atoms with Crippen molar-refractivity contribution < 1.29 is 54.1 Å². The minimum atomic E-state index is -2.14. The summed E-state index contributed by atoms with van der Waals surface area (Å²) in [6.07, 6.45) is -4.63. The molecule has 5 atom stereocenters. The Bertz CT molecular complexity index is 1830. The van der Waals surface area contributed by atoms with Gasteiger partial charge in [-0.05, 0) is 54.7 Å². The molecule has 1 saturated heterocycles. The number of pyridine rings is 1. The van der Waals surface area contributed by atoms with Crippen LogP contribution >= 0.6 is 0 Å². The van der Waals surface area contributed by atoms with Crippen LogP contribution in [0.25, 0.3) is 0 Å². The van der Waals surface area contributed by atoms with Gasteiger partial charge in [-0.1, -0.05) is 0 Å². The van der Waals surface area contributed by atoms with Gasteiger partial charge in [0.2, 0.25) is 12.1 Å². The first-order chi connectivity index (χ1) is 23.9. The molecule has 266 valence electrons. The number of aromatic nitrogens is 1. The summed E-state index contributed by atoms with van der Waals surface area (Å²) in [5.41, 5.74) is 9.79. The zero-order chi connectivity index (χ0) is 36.3. The number of nitrogens with zero attached hydrogens (tertiary/aromatic N) is 2. The number of nitrogens with two attached hydrogens (primary N) is 2. The molecule has 1 fully saturated rings. The molecule has 10 N–H and O–H groups in total. The number of aliphatic hydroxyl groups is 4. The Morgan fingerprint density at radius 2 is 1.88 bits per heavy atom. The Morgan fingerprint density at radius 3 is 2.54 bits per heavy atom. The van der Waals surface area contributed by atoms with Gasteiger partial charge in [-0.3, -0.25) is 14.6 Å². The van der Waals surface area contributed by atoms with E-state index < -0.39 is 54.1 Å². The predicted molar refractivity (Wildman–Crippen MR) is 177 cm³/mol. The highest BCUT2D eigenvalue weighted by Gasteiger charge is 2.55. The molecule has 2 aromatic carbocycles. The van der Waals surface area contributed by atoms with Crippen LogP contribution in [0.5, 0.6) is 17.2 Å². The van der Waals surface area contributed by atoms with Crippen LogP contribution in [0.1, 0.15) is 61.4 Å². The van der Waals surface area contributed by atoms with Crippen LogP contribution in [0.4, 0.5) is 5.82 Å². The number of rotatable bonds is 12. The highest BCUT2D eigenvalue weighted by molar-refractivity contribution is 6.30. The number of phenols is 1. The fraction of sp³-hybridized carbons (Fsp3) is 0.382. The maximum absolute atomic E-state index is 14.2. The van der Waals surface area contributed by atoms with Crippen molar-refractivity contribution in [3.8, 4) is 17.2 Å². The van der Waals surface area contributed by atoms with E-state index in [1.165, 1.54) is 38.6 Å². The molecule has 0 unspecified atom stereocenters. The monoisotopic (exact) mass is 693 g/mol. The third kappa shape index (κ3) is 6.71. The van der Waals surface area contributed by atoms with Crippen molar-refractivity contribution in [2.75, 3.05) is 26.5 Å². The number of aryl methyl sites for hydroxylation is 2. The first-order valence-corrected chi connectivity index (χ1v) is 15.7. The van der Waals surface area contributed by atoms with Crippen molar-refractivity contribution in [3.05, 3.63) is 75.5 Å². The molecule has 2 aliphatic rings. The second kappa shape index (κ2) is 14.8. The van der Waals surface area contributed by atoms with E-state index in [4.69, 9.17) is 25.7 Å². The van der Waals surface area contributed by atoms with Gasteiger partial charge in [-0.25, -0.2) is 4.98 Å². The van der Waals surface area contributed by atoms with E-state index >= 15 is 0 Å². The fourth-order valence-corrected chi connectivity index (χ4v) is 6.27. The smallest absolute Gasteiger partial charge is 0.229 e. The molecular weight excluding hydrogens is 654 g/mol. The molecule has 16 heteroatoms. The van der Waals surface area contributed by atoms with Crippen LogP contribution < -0.4 is 26.3 Å². The van der Waals surface area contributed by atoms with Gasteiger partial charge in [-0.2, -0.15) is 0 Å². The van der Waals surface area contributed by atoms with Gasteiger partial charge in [0.15, 0.2) is 11.7 Å². The molecule has 0 bridgehead atoms. The molecule has 2 heterocycles. The van der Waals surface area contributed by atoms with Crippen LogP contribution in [0.15, 0.2) is 41.5 Å². The lowest BCUT2D eigenvalue weighted by atomic mass is 9.79. The molecule has 1 aliphatic carbocycles. The SMILES string of the molecule is CN=C(N)NCc1c(CCC=O)cc2c(c1O)C(=O)c1c(O[C@@H]3O[C@H](CO)[C@](O)(CCc4ccnc(N)c4)[C@H](O)[C@H]3O)cc(OC)cc1C2=O. The first kappa shape index (κ1) is 36.2. The quantitative estimate of drug-likeness (QED) is 0.0528. The number of anilines is 1. The summed E-state index contributed by atoms with van der Waals surface area (Å²) in [4.78, 5) is 47.1. The van der Waals surface area contributed by atoms with Gasteiger partial charge in [0.05, 0.1) is 24.8 Å². The lowest BCUT2D eigenvalue weighted by Gasteiger charge is -2.47. The first-order valence-electron chi connectivity index (χ1n) is 15.7. The summed E-state index contributed by atoms with van der Waals surface area (Å²) in [5, 5.41) is 58.3. The van der Waals surface area contributed by atoms with Gasteiger partial charge in [0.1, 0.15) is 53.3 Å². The highest BCUT2D eigenvalue weighted by atomic mass is 16.7. The largest absolute Gasteiger partial charge is 0.507 e. The predicted octanol–water partition coefficient (Wildman–Crippen LogP) is -0.499. The van der Waals surface area contributed by atoms with Gasteiger partial charge in [0.25, 0.3) is 0 Å². The minimum Gasteiger partial charge on any atom is -0.507 e. The molecule has 50 heavy (non-hydrogen) atoms. The number of carbonyl (C=O) groups is 3. The van der Waals surface area contributed by atoms with Gasteiger partial charge < -0.3 is 61.3 Å². The van der Waals surface area contributed by atoms with E-state index in [0.29, 0.717) is 17.4 Å². The molecule has 5 rings (SSSR count). The molecular formula is C34H39N5O11. The number of hydrogen-bond acceptors (Lipinski definition) is 14. The normalized spacial score (nSPS) is 23.2. The van der Waals surface area contributed by atoms with Crippen molar-refractivity contribution in [1.29, 1.82) is 0 Å². The summed E-state index contributed by atoms with van der Waals surface area (Å²) in [7, 11) is 2.77. The topological polar surface area (TPSA) is 269 Å². The summed E-state index contributed by atoms with van der Waals surface area (Å²) in [6, 6.07) is 7.25. The van der Waals surface area contributed by atoms with Crippen molar-refractivity contribution >= 4 is 29.6 Å². The second-order valence-corrected chi connectivity index (χ2v) is 12.0. The fourth-order valence-electron chi connectivity index (χ4n) is 6.27. The number of aliphatic imine (C=N–C) groups is 1. The zero-order valence-electron chi connectivity index (χ0n) is 27.3. The molecule has 0 spiro atoms. The molecule has 16 nitrogen and oxygen atoms in total. The number of guanidine groups is 1. The maximum atomic E-state index is 14.2. The number of nitrogen functional groups attached to an aromatic ring is 1. The van der Waals surface area contributed by atoms with Gasteiger partial charge >= 0.3 is 0 Å². The molecule has 1 aromatic heterocycles. The van der Waals surface area contributed by atoms with Crippen molar-refractivity contribution in [2.45, 2.75) is 62.4 Å². The number of nitrogens with one attached hydrogen (secondary N) is 1. The minimum absolute atomic E-state index is 0.0439. The average Bonchev–Trinajstić information content (AvgIpc) is 3.11. The number of aromatic hydroxyl groups is 1. The van der Waals surface area contributed by atoms with Gasteiger partial charge in [0, 0.05) is 49.0 Å². The van der Waals surface area contributed by atoms with E-state index in [2.05, 4.69) is 15.3 Å². The molecule has 0 radical (unpaired) electrons. The summed E-state index contributed by atoms with van der Waals surface area (Å²) in [6.45, 7) is -0.874. The molecule has 1 aliphatic heterocycles. The second-order valence-electron chi connectivity index (χ2n) is 12.0. The number of methoxy groups -OCH3 is 1. The summed E-state index contributed by atoms with van der Waals surface area (Å²) >= 11 is 0. The van der Waals surface area contributed by atoms with Crippen molar-refractivity contribution in [1.82, 2.24) is 10.3 Å². The number of aliphatic hydroxyl groups excluding tert-OH is 3. The maximum Gasteiger partial charge on any atom is 0.229 e. The Balaban J connectivity index is 1.51. The lowest BCUT2D eigenvalue weighted by Crippen LogP contribution is -2.68. The number of benzene rings is 2. The molecule has 0 saturated carbocycles. The summed E-state index contributed by atoms with van der Waals surface area (Å²) in [5.74, 6) is -1.93. The Hall–Kier alpha value is -5.13. The van der Waals surface area contributed by atoms with Crippen LogP contribution in [0.3, 0.4) is 0 Å². The number of carbonyl (C=O) groups excluding carboxylic acids is 3. The van der Waals surface area contributed by atoms with Crippen molar-refractivity contribution in [2.24, 2.45) is 10.7 Å². The van der Waals surface area contributed by atoms with Gasteiger partial charge in [-0.15, -0.1) is 0 Å². The molecule has 3 aromatic rings. The number of aldehydes is 1. The molecule has 0 amide bonds. The standard InChI is InChI=1S/C34H39N5O11/c1-37-33(36)39-14-21-17(4-3-9-40)11-19-26(28(21)43)29(44)25-20(27(19)42)12-18(48-2)13-22(25)49-32-30(45)31(46)34(47,23(15-41)50-32)7-5-16-6-8-38-24(35)10-16/h6,8-13,23,30-32,41,43,45-47H,3-5,7,14-15H2,1-2H3,(H2,35,38)(H3,36,37,39)/t23-,30-,31-,32-,34-/m1/s1. The number of ketones is 2. The Kier molecular flexibility index (Phi) is 10.7. The average molecular weight is 694 g/mol. The van der Waals surface area contributed by atoms with Crippen LogP contribution in [0.2, 0.25) is 0 Å². The Morgan fingerprint density at radius 1 is 1.14 bits per heavy atom.